The molecular weight excluding hydrogens is 192 g/mol. The van der Waals surface area contributed by atoms with E-state index >= 15 is 0 Å². The molecule has 2 nitrogen and oxygen atoms in total. The van der Waals surface area contributed by atoms with E-state index in [2.05, 4.69) is 30.5 Å². The van der Waals surface area contributed by atoms with Crippen LogP contribution in [-0.4, -0.2) is 41.6 Å². The Labute approximate surface area is 91.6 Å². The van der Waals surface area contributed by atoms with Crippen molar-refractivity contribution in [3.05, 3.63) is 0 Å². The van der Waals surface area contributed by atoms with Crippen molar-refractivity contribution in [2.24, 2.45) is 11.1 Å². The molecule has 1 aliphatic carbocycles. The maximum atomic E-state index is 5.82. The summed E-state index contributed by atoms with van der Waals surface area (Å²) in [5.74, 6) is 0. The molecule has 0 aromatic carbocycles. The highest BCUT2D eigenvalue weighted by Gasteiger charge is 2.43. The number of nitrogens with zero attached hydrogens (tertiary/aromatic N) is 1. The van der Waals surface area contributed by atoms with E-state index in [0.29, 0.717) is 5.41 Å². The molecule has 0 radical (unpaired) electrons. The predicted molar refractivity (Wildman–Crippen MR) is 63.7 cm³/mol. The Morgan fingerprint density at radius 1 is 1.29 bits per heavy atom. The van der Waals surface area contributed by atoms with E-state index in [1.807, 2.05) is 0 Å². The number of rotatable bonds is 3. The first-order valence-corrected chi connectivity index (χ1v) is 6.66. The predicted octanol–water partition coefficient (Wildman–Crippen LogP) is 1.55. The molecule has 0 amide bonds. The van der Waals surface area contributed by atoms with Crippen LogP contribution >= 0.6 is 11.8 Å². The number of hydrogen-bond acceptors (Lipinski definition) is 3. The highest BCUT2D eigenvalue weighted by Crippen LogP contribution is 2.45. The molecule has 2 N–H and O–H groups in total. The van der Waals surface area contributed by atoms with E-state index < -0.39 is 0 Å². The zero-order valence-electron chi connectivity index (χ0n) is 9.33. The normalized spacial score (nSPS) is 37.1. The van der Waals surface area contributed by atoms with Crippen molar-refractivity contribution < 1.29 is 0 Å². The quantitative estimate of drug-likeness (QED) is 0.773. The number of nitrogens with two attached hydrogens (primary N) is 1. The maximum absolute atomic E-state index is 5.82. The summed E-state index contributed by atoms with van der Waals surface area (Å²) in [5, 5.41) is 1.60. The van der Waals surface area contributed by atoms with Gasteiger partial charge in [0.05, 0.1) is 0 Å². The second kappa shape index (κ2) is 4.03. The lowest BCUT2D eigenvalue weighted by Crippen LogP contribution is -2.44. The van der Waals surface area contributed by atoms with Crippen LogP contribution in [0.5, 0.6) is 0 Å². The SMILES string of the molecule is CC1CN(CC2(CN)CC2)CC(C)S1. The fourth-order valence-corrected chi connectivity index (χ4v) is 3.88. The van der Waals surface area contributed by atoms with E-state index in [9.17, 15) is 0 Å². The molecule has 2 fully saturated rings. The van der Waals surface area contributed by atoms with Crippen LogP contribution in [0.15, 0.2) is 0 Å². The van der Waals surface area contributed by atoms with Crippen LogP contribution in [0.4, 0.5) is 0 Å². The summed E-state index contributed by atoms with van der Waals surface area (Å²) in [4.78, 5) is 2.63. The summed E-state index contributed by atoms with van der Waals surface area (Å²) in [5.41, 5.74) is 6.34. The Bertz CT molecular complexity index is 193. The zero-order chi connectivity index (χ0) is 10.2. The van der Waals surface area contributed by atoms with Crippen molar-refractivity contribution in [1.29, 1.82) is 0 Å². The minimum atomic E-state index is 0.515. The van der Waals surface area contributed by atoms with E-state index in [4.69, 9.17) is 5.73 Å². The molecule has 2 unspecified atom stereocenters. The van der Waals surface area contributed by atoms with Crippen LogP contribution in [0, 0.1) is 5.41 Å². The van der Waals surface area contributed by atoms with Crippen LogP contribution in [0.3, 0.4) is 0 Å². The van der Waals surface area contributed by atoms with Gasteiger partial charge in [-0.25, -0.2) is 0 Å². The van der Waals surface area contributed by atoms with Gasteiger partial charge in [0, 0.05) is 30.1 Å². The molecular formula is C11H22N2S. The Morgan fingerprint density at radius 2 is 1.86 bits per heavy atom. The molecule has 0 spiro atoms. The second-order valence-electron chi connectivity index (χ2n) is 5.16. The fraction of sp³-hybridized carbons (Fsp3) is 1.00. The van der Waals surface area contributed by atoms with Gasteiger partial charge >= 0.3 is 0 Å². The molecule has 1 aliphatic heterocycles. The van der Waals surface area contributed by atoms with Gasteiger partial charge in [0.2, 0.25) is 0 Å². The lowest BCUT2D eigenvalue weighted by molar-refractivity contribution is 0.220. The van der Waals surface area contributed by atoms with Crippen LogP contribution in [-0.2, 0) is 0 Å². The van der Waals surface area contributed by atoms with E-state index in [0.717, 1.165) is 17.0 Å². The monoisotopic (exact) mass is 214 g/mol. The molecule has 2 rings (SSSR count). The van der Waals surface area contributed by atoms with Crippen molar-refractivity contribution >= 4 is 11.8 Å². The highest BCUT2D eigenvalue weighted by molar-refractivity contribution is 8.00. The first-order valence-electron chi connectivity index (χ1n) is 5.71. The summed E-state index contributed by atoms with van der Waals surface area (Å²) in [7, 11) is 0. The molecule has 1 heterocycles. The standard InChI is InChI=1S/C11H22N2S/c1-9-5-13(6-10(2)14-9)8-11(7-12)3-4-11/h9-10H,3-8,12H2,1-2H3. The summed E-state index contributed by atoms with van der Waals surface area (Å²) in [6, 6.07) is 0. The average Bonchev–Trinajstić information content (AvgIpc) is 2.83. The van der Waals surface area contributed by atoms with Crippen LogP contribution < -0.4 is 5.73 Å². The molecule has 0 bridgehead atoms. The molecule has 14 heavy (non-hydrogen) atoms. The van der Waals surface area contributed by atoms with Gasteiger partial charge in [-0.05, 0) is 24.8 Å². The van der Waals surface area contributed by atoms with Crippen molar-refractivity contribution in [2.75, 3.05) is 26.2 Å². The molecule has 1 saturated carbocycles. The molecule has 0 aromatic heterocycles. The zero-order valence-corrected chi connectivity index (χ0v) is 10.1. The van der Waals surface area contributed by atoms with Gasteiger partial charge in [-0.3, -0.25) is 0 Å². The van der Waals surface area contributed by atoms with Crippen LogP contribution in [0.25, 0.3) is 0 Å². The third-order valence-electron chi connectivity index (χ3n) is 3.44. The largest absolute Gasteiger partial charge is 0.330 e. The second-order valence-corrected chi connectivity index (χ2v) is 7.04. The Hall–Kier alpha value is 0.270. The van der Waals surface area contributed by atoms with Crippen molar-refractivity contribution in [1.82, 2.24) is 4.90 Å². The first-order chi connectivity index (χ1) is 6.63. The molecule has 2 aliphatic rings. The number of thioether (sulfide) groups is 1. The molecule has 2 atom stereocenters. The lowest BCUT2D eigenvalue weighted by Gasteiger charge is -2.36. The molecule has 1 saturated heterocycles. The van der Waals surface area contributed by atoms with Gasteiger partial charge in [0.25, 0.3) is 0 Å². The molecule has 82 valence electrons. The lowest BCUT2D eigenvalue weighted by atomic mass is 10.1. The summed E-state index contributed by atoms with van der Waals surface area (Å²) >= 11 is 2.13. The Kier molecular flexibility index (Phi) is 3.10. The van der Waals surface area contributed by atoms with Gasteiger partial charge in [0.1, 0.15) is 0 Å². The molecule has 3 heteroatoms. The van der Waals surface area contributed by atoms with Crippen LogP contribution in [0.2, 0.25) is 0 Å². The highest BCUT2D eigenvalue weighted by atomic mass is 32.2. The smallest absolute Gasteiger partial charge is 0.0149 e. The summed E-state index contributed by atoms with van der Waals surface area (Å²) < 4.78 is 0. The summed E-state index contributed by atoms with van der Waals surface area (Å²) in [6.07, 6.45) is 2.71. The molecule has 0 aromatic rings. The van der Waals surface area contributed by atoms with Crippen LogP contribution in [0.1, 0.15) is 26.7 Å². The summed E-state index contributed by atoms with van der Waals surface area (Å²) in [6.45, 7) is 9.34. The van der Waals surface area contributed by atoms with E-state index in [1.54, 1.807) is 0 Å². The Morgan fingerprint density at radius 3 is 2.29 bits per heavy atom. The third-order valence-corrected chi connectivity index (χ3v) is 4.67. The number of hydrogen-bond donors (Lipinski definition) is 1. The van der Waals surface area contributed by atoms with Gasteiger partial charge in [-0.1, -0.05) is 13.8 Å². The van der Waals surface area contributed by atoms with Crippen molar-refractivity contribution in [3.8, 4) is 0 Å². The van der Waals surface area contributed by atoms with Crippen molar-refractivity contribution in [3.63, 3.8) is 0 Å². The van der Waals surface area contributed by atoms with E-state index in [1.165, 1.54) is 32.5 Å². The van der Waals surface area contributed by atoms with E-state index in [-0.39, 0.29) is 0 Å². The fourth-order valence-electron chi connectivity index (χ4n) is 2.49. The average molecular weight is 214 g/mol. The minimum absolute atomic E-state index is 0.515. The van der Waals surface area contributed by atoms with Gasteiger partial charge in [-0.2, -0.15) is 11.8 Å². The van der Waals surface area contributed by atoms with Gasteiger partial charge < -0.3 is 10.6 Å². The minimum Gasteiger partial charge on any atom is -0.330 e. The third kappa shape index (κ3) is 2.44. The van der Waals surface area contributed by atoms with Gasteiger partial charge in [-0.15, -0.1) is 0 Å². The maximum Gasteiger partial charge on any atom is 0.0149 e. The topological polar surface area (TPSA) is 29.3 Å². The first kappa shape index (κ1) is 10.8. The Balaban J connectivity index is 1.85. The van der Waals surface area contributed by atoms with Crippen molar-refractivity contribution in [2.45, 2.75) is 37.2 Å². The van der Waals surface area contributed by atoms with Gasteiger partial charge in [0.15, 0.2) is 0 Å².